The van der Waals surface area contributed by atoms with Gasteiger partial charge >= 0.3 is 0 Å². The minimum absolute atomic E-state index is 0.158. The van der Waals surface area contributed by atoms with Crippen LogP contribution >= 0.6 is 23.1 Å². The van der Waals surface area contributed by atoms with Gasteiger partial charge in [0.05, 0.1) is 11.3 Å². The zero-order valence-corrected chi connectivity index (χ0v) is 15.3. The predicted molar refractivity (Wildman–Crippen MR) is 102 cm³/mol. The standard InChI is InChI=1S/C17H14N6OS2/c1-2-7-23-15(13-4-3-6-19-10-13)21-22-17(23)26-11-14(24)20-16-12(9-18)5-8-25-16/h2-6,8,10H,1,7,11H2,(H,20,24). The molecule has 26 heavy (non-hydrogen) atoms. The van der Waals surface area contributed by atoms with Crippen LogP contribution in [0, 0.1) is 11.3 Å². The lowest BCUT2D eigenvalue weighted by Gasteiger charge is -2.07. The molecule has 0 aliphatic heterocycles. The summed E-state index contributed by atoms with van der Waals surface area (Å²) in [5.41, 5.74) is 1.30. The molecule has 0 aromatic carbocycles. The van der Waals surface area contributed by atoms with Crippen molar-refractivity contribution in [2.45, 2.75) is 11.7 Å². The van der Waals surface area contributed by atoms with Crippen molar-refractivity contribution in [3.63, 3.8) is 0 Å². The molecule has 0 spiro atoms. The van der Waals surface area contributed by atoms with Gasteiger partial charge in [-0.1, -0.05) is 17.8 Å². The molecular formula is C17H14N6OS2. The number of hydrogen-bond donors (Lipinski definition) is 1. The summed E-state index contributed by atoms with van der Waals surface area (Å²) in [7, 11) is 0. The van der Waals surface area contributed by atoms with Gasteiger partial charge in [0, 0.05) is 24.5 Å². The lowest BCUT2D eigenvalue weighted by atomic mass is 10.3. The molecule has 3 aromatic rings. The Balaban J connectivity index is 1.72. The number of aromatic nitrogens is 4. The van der Waals surface area contributed by atoms with Crippen molar-refractivity contribution in [1.29, 1.82) is 5.26 Å². The van der Waals surface area contributed by atoms with Crippen LogP contribution in [0.2, 0.25) is 0 Å². The fourth-order valence-corrected chi connectivity index (χ4v) is 3.69. The van der Waals surface area contributed by atoms with Gasteiger partial charge in [0.1, 0.15) is 11.1 Å². The number of amides is 1. The van der Waals surface area contributed by atoms with E-state index in [2.05, 4.69) is 27.1 Å². The van der Waals surface area contributed by atoms with Crippen LogP contribution in [0.4, 0.5) is 5.00 Å². The first-order chi connectivity index (χ1) is 12.7. The molecule has 0 unspecified atom stereocenters. The number of carbonyl (C=O) groups excluding carboxylic acids is 1. The van der Waals surface area contributed by atoms with Crippen molar-refractivity contribution >= 4 is 34.0 Å². The van der Waals surface area contributed by atoms with E-state index < -0.39 is 0 Å². The Kier molecular flexibility index (Phi) is 5.78. The molecular weight excluding hydrogens is 368 g/mol. The van der Waals surface area contributed by atoms with Gasteiger partial charge in [-0.25, -0.2) is 0 Å². The minimum atomic E-state index is -0.204. The van der Waals surface area contributed by atoms with Gasteiger partial charge in [-0.2, -0.15) is 5.26 Å². The third-order valence-electron chi connectivity index (χ3n) is 3.32. The van der Waals surface area contributed by atoms with Gasteiger partial charge in [-0.3, -0.25) is 14.3 Å². The van der Waals surface area contributed by atoms with E-state index in [4.69, 9.17) is 5.26 Å². The second kappa shape index (κ2) is 8.42. The summed E-state index contributed by atoms with van der Waals surface area (Å²) in [4.78, 5) is 16.3. The zero-order valence-electron chi connectivity index (χ0n) is 13.6. The topological polar surface area (TPSA) is 96.5 Å². The minimum Gasteiger partial charge on any atom is -0.316 e. The lowest BCUT2D eigenvalue weighted by Crippen LogP contribution is -2.14. The van der Waals surface area contributed by atoms with Crippen molar-refractivity contribution in [1.82, 2.24) is 19.7 Å². The number of rotatable bonds is 7. The smallest absolute Gasteiger partial charge is 0.235 e. The number of nitriles is 1. The first-order valence-electron chi connectivity index (χ1n) is 7.57. The quantitative estimate of drug-likeness (QED) is 0.498. The SMILES string of the molecule is C=CCn1c(SCC(=O)Nc2sccc2C#N)nnc1-c1cccnc1. The second-order valence-corrected chi connectivity index (χ2v) is 6.92. The van der Waals surface area contributed by atoms with Crippen LogP contribution in [0.3, 0.4) is 0 Å². The molecule has 0 saturated heterocycles. The summed E-state index contributed by atoms with van der Waals surface area (Å²) in [6.45, 7) is 4.28. The molecule has 7 nitrogen and oxygen atoms in total. The number of thiophene rings is 1. The van der Waals surface area contributed by atoms with E-state index in [0.717, 1.165) is 5.56 Å². The molecule has 0 bridgehead atoms. The van der Waals surface area contributed by atoms with Crippen molar-refractivity contribution in [2.24, 2.45) is 0 Å². The molecule has 3 aromatic heterocycles. The number of hydrogen-bond acceptors (Lipinski definition) is 7. The van der Waals surface area contributed by atoms with Crippen LogP contribution in [0.25, 0.3) is 11.4 Å². The number of thioether (sulfide) groups is 1. The highest BCUT2D eigenvalue weighted by Crippen LogP contribution is 2.25. The van der Waals surface area contributed by atoms with E-state index >= 15 is 0 Å². The van der Waals surface area contributed by atoms with Crippen LogP contribution in [-0.4, -0.2) is 31.4 Å². The first kappa shape index (κ1) is 17.8. The van der Waals surface area contributed by atoms with Crippen LogP contribution in [0.5, 0.6) is 0 Å². The molecule has 9 heteroatoms. The van der Waals surface area contributed by atoms with Crippen LogP contribution in [-0.2, 0) is 11.3 Å². The van der Waals surface area contributed by atoms with E-state index in [0.29, 0.717) is 28.1 Å². The molecule has 3 heterocycles. The second-order valence-electron chi connectivity index (χ2n) is 5.06. The number of allylic oxidation sites excluding steroid dienone is 1. The molecule has 0 atom stereocenters. The van der Waals surface area contributed by atoms with Gasteiger partial charge in [0.25, 0.3) is 0 Å². The van der Waals surface area contributed by atoms with Crippen molar-refractivity contribution in [2.75, 3.05) is 11.1 Å². The highest BCUT2D eigenvalue weighted by molar-refractivity contribution is 7.99. The maximum atomic E-state index is 12.2. The van der Waals surface area contributed by atoms with Crippen molar-refractivity contribution < 1.29 is 4.79 Å². The molecule has 0 aliphatic rings. The Bertz CT molecular complexity index is 957. The third kappa shape index (κ3) is 3.99. The summed E-state index contributed by atoms with van der Waals surface area (Å²) < 4.78 is 1.88. The number of anilines is 1. The third-order valence-corrected chi connectivity index (χ3v) is 5.12. The van der Waals surface area contributed by atoms with Crippen LogP contribution < -0.4 is 5.32 Å². The Hall–Kier alpha value is -2.96. The summed E-state index contributed by atoms with van der Waals surface area (Å²) in [6, 6.07) is 7.45. The number of pyridine rings is 1. The van der Waals surface area contributed by atoms with Gasteiger partial charge in [-0.15, -0.1) is 28.1 Å². The molecule has 1 N–H and O–H groups in total. The summed E-state index contributed by atoms with van der Waals surface area (Å²) in [5, 5.41) is 23.1. The molecule has 0 aliphatic carbocycles. The lowest BCUT2D eigenvalue weighted by molar-refractivity contribution is -0.113. The van der Waals surface area contributed by atoms with E-state index in [1.165, 1.54) is 23.1 Å². The van der Waals surface area contributed by atoms with Crippen molar-refractivity contribution in [3.05, 3.63) is 54.2 Å². The molecule has 130 valence electrons. The first-order valence-corrected chi connectivity index (χ1v) is 9.44. The Morgan fingerprint density at radius 2 is 2.35 bits per heavy atom. The van der Waals surface area contributed by atoms with Gasteiger partial charge < -0.3 is 5.32 Å². The van der Waals surface area contributed by atoms with Gasteiger partial charge in [0.2, 0.25) is 5.91 Å². The highest BCUT2D eigenvalue weighted by Gasteiger charge is 2.15. The van der Waals surface area contributed by atoms with Crippen molar-refractivity contribution in [3.8, 4) is 17.5 Å². The summed E-state index contributed by atoms with van der Waals surface area (Å²) >= 11 is 2.60. The molecule has 0 radical (unpaired) electrons. The summed E-state index contributed by atoms with van der Waals surface area (Å²) in [6.07, 6.45) is 5.15. The number of nitrogens with zero attached hydrogens (tertiary/aromatic N) is 5. The van der Waals surface area contributed by atoms with Gasteiger partial charge in [-0.05, 0) is 23.6 Å². The monoisotopic (exact) mass is 382 g/mol. The fraction of sp³-hybridized carbons (Fsp3) is 0.118. The van der Waals surface area contributed by atoms with E-state index in [-0.39, 0.29) is 11.7 Å². The fourth-order valence-electron chi connectivity index (χ4n) is 2.18. The predicted octanol–water partition coefficient (Wildman–Crippen LogP) is 3.19. The molecule has 3 rings (SSSR count). The largest absolute Gasteiger partial charge is 0.316 e. The van der Waals surface area contributed by atoms with E-state index in [1.54, 1.807) is 29.9 Å². The number of carbonyl (C=O) groups is 1. The number of nitrogens with one attached hydrogen (secondary N) is 1. The highest BCUT2D eigenvalue weighted by atomic mass is 32.2. The average Bonchev–Trinajstić information content (AvgIpc) is 3.27. The van der Waals surface area contributed by atoms with E-state index in [9.17, 15) is 4.79 Å². The molecule has 0 fully saturated rings. The van der Waals surface area contributed by atoms with Crippen LogP contribution in [0.15, 0.2) is 53.8 Å². The van der Waals surface area contributed by atoms with Crippen LogP contribution in [0.1, 0.15) is 5.56 Å². The van der Waals surface area contributed by atoms with Gasteiger partial charge in [0.15, 0.2) is 11.0 Å². The summed E-state index contributed by atoms with van der Waals surface area (Å²) in [5.74, 6) is 0.626. The maximum Gasteiger partial charge on any atom is 0.235 e. The maximum absolute atomic E-state index is 12.2. The molecule has 0 saturated carbocycles. The average molecular weight is 382 g/mol. The molecule has 1 amide bonds. The Morgan fingerprint density at radius 3 is 3.08 bits per heavy atom. The zero-order chi connectivity index (χ0) is 18.4. The Labute approximate surface area is 158 Å². The van der Waals surface area contributed by atoms with E-state index in [1.807, 2.05) is 22.8 Å². The Morgan fingerprint density at radius 1 is 1.46 bits per heavy atom. The normalized spacial score (nSPS) is 10.3.